The van der Waals surface area contributed by atoms with Crippen molar-refractivity contribution in [1.82, 2.24) is 4.90 Å². The number of nitrogens with one attached hydrogen (secondary N) is 1. The summed E-state index contributed by atoms with van der Waals surface area (Å²) in [5, 5.41) is 3.10. The molecule has 0 unspecified atom stereocenters. The summed E-state index contributed by atoms with van der Waals surface area (Å²) in [7, 11) is 0. The lowest BCUT2D eigenvalue weighted by atomic mass is 10.1. The standard InChI is InChI=1S/C17H21ClN2O2S/c18-12-6-7-14-13(10-12)19-17(22)15(23-14)11-16(21)20-8-4-2-1-3-5-9-20/h6-7,10,15H,1-5,8-9,11H2,(H,19,22)/t15-/m1/s1. The number of anilines is 1. The van der Waals surface area contributed by atoms with Crippen LogP contribution in [0.5, 0.6) is 0 Å². The van der Waals surface area contributed by atoms with Gasteiger partial charge in [-0.15, -0.1) is 11.8 Å². The van der Waals surface area contributed by atoms with Crippen molar-refractivity contribution in [2.75, 3.05) is 18.4 Å². The second-order valence-electron chi connectivity index (χ2n) is 6.09. The first kappa shape index (κ1) is 16.7. The van der Waals surface area contributed by atoms with Gasteiger partial charge >= 0.3 is 0 Å². The van der Waals surface area contributed by atoms with Gasteiger partial charge in [0.05, 0.1) is 10.9 Å². The van der Waals surface area contributed by atoms with Gasteiger partial charge in [0.1, 0.15) is 0 Å². The molecule has 1 atom stereocenters. The summed E-state index contributed by atoms with van der Waals surface area (Å²) in [6.45, 7) is 1.65. The summed E-state index contributed by atoms with van der Waals surface area (Å²) in [6, 6.07) is 5.45. The average molecular weight is 353 g/mol. The summed E-state index contributed by atoms with van der Waals surface area (Å²) in [5.74, 6) is -0.0119. The van der Waals surface area contributed by atoms with Gasteiger partial charge in [0.15, 0.2) is 0 Å². The predicted molar refractivity (Wildman–Crippen MR) is 94.0 cm³/mol. The van der Waals surface area contributed by atoms with E-state index >= 15 is 0 Å². The Morgan fingerprint density at radius 2 is 1.91 bits per heavy atom. The number of hydrogen-bond donors (Lipinski definition) is 1. The molecule has 1 N–H and O–H groups in total. The van der Waals surface area contributed by atoms with E-state index in [-0.39, 0.29) is 23.5 Å². The van der Waals surface area contributed by atoms with Crippen LogP contribution in [0.2, 0.25) is 5.02 Å². The zero-order valence-electron chi connectivity index (χ0n) is 13.0. The van der Waals surface area contributed by atoms with Crippen LogP contribution in [0.4, 0.5) is 5.69 Å². The number of amides is 2. The maximum Gasteiger partial charge on any atom is 0.238 e. The minimum atomic E-state index is -0.360. The molecule has 3 rings (SSSR count). The van der Waals surface area contributed by atoms with Gasteiger partial charge in [-0.1, -0.05) is 30.9 Å². The van der Waals surface area contributed by atoms with Crippen LogP contribution in [0.3, 0.4) is 0 Å². The zero-order chi connectivity index (χ0) is 16.2. The molecule has 4 nitrogen and oxygen atoms in total. The molecule has 2 aliphatic rings. The number of rotatable bonds is 2. The van der Waals surface area contributed by atoms with Gasteiger partial charge in [-0.25, -0.2) is 0 Å². The third-order valence-electron chi connectivity index (χ3n) is 4.33. The number of benzene rings is 1. The van der Waals surface area contributed by atoms with Gasteiger partial charge in [0.2, 0.25) is 11.8 Å². The molecule has 0 aliphatic carbocycles. The summed E-state index contributed by atoms with van der Waals surface area (Å²) in [4.78, 5) is 27.7. The lowest BCUT2D eigenvalue weighted by Gasteiger charge is -2.28. The smallest absolute Gasteiger partial charge is 0.238 e. The second-order valence-corrected chi connectivity index (χ2v) is 7.77. The Morgan fingerprint density at radius 1 is 1.22 bits per heavy atom. The molecule has 2 heterocycles. The molecule has 2 aliphatic heterocycles. The highest BCUT2D eigenvalue weighted by Crippen LogP contribution is 2.38. The lowest BCUT2D eigenvalue weighted by molar-refractivity contribution is -0.133. The molecule has 1 saturated heterocycles. The quantitative estimate of drug-likeness (QED) is 0.877. The van der Waals surface area contributed by atoms with Crippen LogP contribution >= 0.6 is 23.4 Å². The van der Waals surface area contributed by atoms with Crippen LogP contribution in [-0.4, -0.2) is 35.1 Å². The normalized spacial score (nSPS) is 21.9. The monoisotopic (exact) mass is 352 g/mol. The molecular formula is C17H21ClN2O2S. The third kappa shape index (κ3) is 4.21. The van der Waals surface area contributed by atoms with Gasteiger partial charge in [-0.3, -0.25) is 9.59 Å². The number of nitrogens with zero attached hydrogens (tertiary/aromatic N) is 1. The number of likely N-dealkylation sites (tertiary alicyclic amines) is 1. The van der Waals surface area contributed by atoms with Crippen molar-refractivity contribution >= 4 is 40.9 Å². The highest BCUT2D eigenvalue weighted by molar-refractivity contribution is 8.01. The number of carbonyl (C=O) groups is 2. The topological polar surface area (TPSA) is 49.4 Å². The number of halogens is 1. The fourth-order valence-corrected chi connectivity index (χ4v) is 4.30. The minimum Gasteiger partial charge on any atom is -0.343 e. The van der Waals surface area contributed by atoms with Gasteiger partial charge in [-0.05, 0) is 31.0 Å². The fourth-order valence-electron chi connectivity index (χ4n) is 3.04. The van der Waals surface area contributed by atoms with Crippen molar-refractivity contribution in [1.29, 1.82) is 0 Å². The summed E-state index contributed by atoms with van der Waals surface area (Å²) in [5.41, 5.74) is 0.738. The largest absolute Gasteiger partial charge is 0.343 e. The average Bonchev–Trinajstić information content (AvgIpc) is 2.47. The maximum absolute atomic E-state index is 12.6. The SMILES string of the molecule is O=C1Nc2cc(Cl)ccc2S[C@@H]1CC(=O)N1CCCCCCC1. The second kappa shape index (κ2) is 7.58. The van der Waals surface area contributed by atoms with Gasteiger partial charge < -0.3 is 10.2 Å². The van der Waals surface area contributed by atoms with Crippen molar-refractivity contribution in [3.05, 3.63) is 23.2 Å². The Balaban J connectivity index is 1.64. The number of carbonyl (C=O) groups excluding carboxylic acids is 2. The Labute approximate surface area is 145 Å². The Morgan fingerprint density at radius 3 is 2.65 bits per heavy atom. The van der Waals surface area contributed by atoms with E-state index in [1.165, 1.54) is 31.0 Å². The molecule has 124 valence electrons. The molecule has 0 bridgehead atoms. The molecular weight excluding hydrogens is 332 g/mol. The van der Waals surface area contributed by atoms with Gasteiger partial charge in [0.25, 0.3) is 0 Å². The number of thioether (sulfide) groups is 1. The molecule has 2 amide bonds. The van der Waals surface area contributed by atoms with Crippen LogP contribution in [0.1, 0.15) is 38.5 Å². The molecule has 23 heavy (non-hydrogen) atoms. The Bertz CT molecular complexity index is 600. The first-order chi connectivity index (χ1) is 11.1. The fraction of sp³-hybridized carbons (Fsp3) is 0.529. The van der Waals surface area contributed by atoms with E-state index in [1.807, 2.05) is 17.0 Å². The lowest BCUT2D eigenvalue weighted by Crippen LogP contribution is -2.38. The van der Waals surface area contributed by atoms with E-state index in [0.717, 1.165) is 36.5 Å². The first-order valence-corrected chi connectivity index (χ1v) is 9.44. The van der Waals surface area contributed by atoms with E-state index in [2.05, 4.69) is 5.32 Å². The van der Waals surface area contributed by atoms with E-state index in [9.17, 15) is 9.59 Å². The van der Waals surface area contributed by atoms with Crippen molar-refractivity contribution in [2.45, 2.75) is 48.7 Å². The molecule has 1 fully saturated rings. The molecule has 1 aromatic rings. The van der Waals surface area contributed by atoms with Crippen LogP contribution < -0.4 is 5.32 Å². The number of hydrogen-bond acceptors (Lipinski definition) is 3. The molecule has 0 aromatic heterocycles. The first-order valence-electron chi connectivity index (χ1n) is 8.18. The van der Waals surface area contributed by atoms with Crippen molar-refractivity contribution in [3.63, 3.8) is 0 Å². The summed E-state index contributed by atoms with van der Waals surface area (Å²) in [6.07, 6.45) is 6.04. The highest BCUT2D eigenvalue weighted by Gasteiger charge is 2.30. The van der Waals surface area contributed by atoms with Crippen LogP contribution in [0, 0.1) is 0 Å². The van der Waals surface area contributed by atoms with Crippen molar-refractivity contribution < 1.29 is 9.59 Å². The van der Waals surface area contributed by atoms with E-state index in [4.69, 9.17) is 11.6 Å². The minimum absolute atomic E-state index is 0.0944. The Kier molecular flexibility index (Phi) is 5.49. The molecule has 0 saturated carbocycles. The van der Waals surface area contributed by atoms with Crippen LogP contribution in [0.15, 0.2) is 23.1 Å². The van der Waals surface area contributed by atoms with Crippen LogP contribution in [0.25, 0.3) is 0 Å². The van der Waals surface area contributed by atoms with E-state index in [0.29, 0.717) is 5.02 Å². The Hall–Kier alpha value is -1.20. The van der Waals surface area contributed by atoms with E-state index in [1.54, 1.807) is 6.07 Å². The molecule has 0 radical (unpaired) electrons. The summed E-state index contributed by atoms with van der Waals surface area (Å²) < 4.78 is 0. The van der Waals surface area contributed by atoms with E-state index < -0.39 is 0 Å². The van der Waals surface area contributed by atoms with Crippen LogP contribution in [-0.2, 0) is 9.59 Å². The van der Waals surface area contributed by atoms with Crippen molar-refractivity contribution in [2.24, 2.45) is 0 Å². The third-order valence-corrected chi connectivity index (χ3v) is 5.84. The van der Waals surface area contributed by atoms with Gasteiger partial charge in [-0.2, -0.15) is 0 Å². The van der Waals surface area contributed by atoms with Crippen molar-refractivity contribution in [3.8, 4) is 0 Å². The zero-order valence-corrected chi connectivity index (χ0v) is 14.6. The maximum atomic E-state index is 12.6. The molecule has 0 spiro atoms. The molecule has 6 heteroatoms. The highest BCUT2D eigenvalue weighted by atomic mass is 35.5. The molecule has 1 aromatic carbocycles. The predicted octanol–water partition coefficient (Wildman–Crippen LogP) is 3.94. The summed E-state index contributed by atoms with van der Waals surface area (Å²) >= 11 is 7.41. The van der Waals surface area contributed by atoms with Gasteiger partial charge in [0, 0.05) is 29.4 Å². The number of fused-ring (bicyclic) bond motifs is 1.